The number of oxazole rings is 1. The van der Waals surface area contributed by atoms with Crippen molar-refractivity contribution in [2.45, 2.75) is 31.8 Å². The van der Waals surface area contributed by atoms with Crippen molar-refractivity contribution in [3.05, 3.63) is 18.2 Å². The Morgan fingerprint density at radius 1 is 1.53 bits per heavy atom. The number of hydrogen-bond donors (Lipinski definition) is 3. The van der Waals surface area contributed by atoms with E-state index in [4.69, 9.17) is 10.2 Å². The highest BCUT2D eigenvalue weighted by Crippen LogP contribution is 2.22. The van der Waals surface area contributed by atoms with Crippen molar-refractivity contribution in [3.63, 3.8) is 0 Å². The minimum atomic E-state index is -0.383. The first kappa shape index (κ1) is 11.8. The molecule has 1 aromatic carbocycles. The first-order chi connectivity index (χ1) is 9.11. The van der Waals surface area contributed by atoms with Crippen LogP contribution >= 0.6 is 0 Å². The van der Waals surface area contributed by atoms with Crippen LogP contribution in [0, 0.1) is 0 Å². The van der Waals surface area contributed by atoms with Crippen LogP contribution in [0.2, 0.25) is 0 Å². The maximum Gasteiger partial charge on any atom is 0.296 e. The van der Waals surface area contributed by atoms with Crippen molar-refractivity contribution >= 4 is 28.7 Å². The third kappa shape index (κ3) is 2.62. The average molecular weight is 260 g/mol. The van der Waals surface area contributed by atoms with Crippen LogP contribution in [0.15, 0.2) is 22.6 Å². The predicted octanol–water partition coefficient (Wildman–Crippen LogP) is 1.49. The molecule has 1 atom stereocenters. The van der Waals surface area contributed by atoms with E-state index in [1.807, 2.05) is 0 Å². The number of nitrogen functional groups attached to an aromatic ring is 1. The summed E-state index contributed by atoms with van der Waals surface area (Å²) in [5.41, 5.74) is 7.63. The standard InChI is InChI=1S/C13H16N4O2/c1-7(12(18)16-9-3-4-9)15-13-17-10-6-8(14)2-5-11(10)19-13/h2,5-7,9H,3-4,14H2,1H3,(H,15,17)(H,16,18). The molecule has 1 heterocycles. The average Bonchev–Trinajstić information content (AvgIpc) is 3.08. The Balaban J connectivity index is 1.71. The number of benzene rings is 1. The summed E-state index contributed by atoms with van der Waals surface area (Å²) in [6.45, 7) is 1.78. The topological polar surface area (TPSA) is 93.2 Å². The Morgan fingerprint density at radius 2 is 2.32 bits per heavy atom. The van der Waals surface area contributed by atoms with Crippen LogP contribution in [-0.2, 0) is 4.79 Å². The molecule has 0 spiro atoms. The zero-order chi connectivity index (χ0) is 13.4. The van der Waals surface area contributed by atoms with Gasteiger partial charge in [0.2, 0.25) is 5.91 Å². The molecular weight excluding hydrogens is 244 g/mol. The van der Waals surface area contributed by atoms with Crippen molar-refractivity contribution in [1.82, 2.24) is 10.3 Å². The fourth-order valence-electron chi connectivity index (χ4n) is 1.81. The SMILES string of the molecule is CC(Nc1nc2cc(N)ccc2o1)C(=O)NC1CC1. The number of amides is 1. The van der Waals surface area contributed by atoms with Crippen LogP contribution in [-0.4, -0.2) is 23.0 Å². The second kappa shape index (κ2) is 4.46. The summed E-state index contributed by atoms with van der Waals surface area (Å²) in [5.74, 6) is -0.0377. The number of carbonyl (C=O) groups excluding carboxylic acids is 1. The summed E-state index contributed by atoms with van der Waals surface area (Å²) in [7, 11) is 0. The monoisotopic (exact) mass is 260 g/mol. The quantitative estimate of drug-likeness (QED) is 0.724. The van der Waals surface area contributed by atoms with E-state index in [-0.39, 0.29) is 11.9 Å². The number of hydrogen-bond acceptors (Lipinski definition) is 5. The van der Waals surface area contributed by atoms with E-state index in [1.165, 1.54) is 0 Å². The number of fused-ring (bicyclic) bond motifs is 1. The molecule has 1 saturated carbocycles. The van der Waals surface area contributed by atoms with Crippen molar-refractivity contribution < 1.29 is 9.21 Å². The number of carbonyl (C=O) groups is 1. The number of anilines is 2. The number of aromatic nitrogens is 1. The summed E-state index contributed by atoms with van der Waals surface area (Å²) in [6, 6.07) is 5.54. The van der Waals surface area contributed by atoms with Gasteiger partial charge in [-0.25, -0.2) is 0 Å². The molecule has 1 fully saturated rings. The highest BCUT2D eigenvalue weighted by atomic mass is 16.4. The first-order valence-corrected chi connectivity index (χ1v) is 6.35. The van der Waals surface area contributed by atoms with Crippen LogP contribution in [0.25, 0.3) is 11.1 Å². The lowest BCUT2D eigenvalue weighted by molar-refractivity contribution is -0.121. The molecule has 1 unspecified atom stereocenters. The highest BCUT2D eigenvalue weighted by molar-refractivity contribution is 5.85. The fraction of sp³-hybridized carbons (Fsp3) is 0.385. The van der Waals surface area contributed by atoms with E-state index < -0.39 is 0 Å². The molecule has 1 amide bonds. The molecule has 19 heavy (non-hydrogen) atoms. The summed E-state index contributed by atoms with van der Waals surface area (Å²) in [4.78, 5) is 16.1. The lowest BCUT2D eigenvalue weighted by atomic mass is 10.3. The van der Waals surface area contributed by atoms with E-state index in [9.17, 15) is 4.79 Å². The van der Waals surface area contributed by atoms with E-state index in [1.54, 1.807) is 25.1 Å². The smallest absolute Gasteiger partial charge is 0.296 e. The Hall–Kier alpha value is -2.24. The molecule has 0 saturated heterocycles. The number of nitrogens with zero attached hydrogens (tertiary/aromatic N) is 1. The van der Waals surface area contributed by atoms with Gasteiger partial charge in [0.25, 0.3) is 6.01 Å². The molecule has 1 aliphatic carbocycles. The first-order valence-electron chi connectivity index (χ1n) is 6.35. The van der Waals surface area contributed by atoms with E-state index in [0.29, 0.717) is 28.8 Å². The van der Waals surface area contributed by atoms with Crippen LogP contribution in [0.5, 0.6) is 0 Å². The molecule has 0 radical (unpaired) electrons. The van der Waals surface area contributed by atoms with Gasteiger partial charge in [0.1, 0.15) is 11.6 Å². The maximum atomic E-state index is 11.8. The van der Waals surface area contributed by atoms with Crippen LogP contribution in [0.4, 0.5) is 11.7 Å². The van der Waals surface area contributed by atoms with Gasteiger partial charge in [0.05, 0.1) is 0 Å². The minimum absolute atomic E-state index is 0.0377. The molecule has 3 rings (SSSR count). The van der Waals surface area contributed by atoms with Gasteiger partial charge in [-0.2, -0.15) is 4.98 Å². The van der Waals surface area contributed by atoms with Gasteiger partial charge in [-0.3, -0.25) is 4.79 Å². The van der Waals surface area contributed by atoms with Gasteiger partial charge >= 0.3 is 0 Å². The Morgan fingerprint density at radius 3 is 3.05 bits per heavy atom. The third-order valence-electron chi connectivity index (χ3n) is 3.07. The molecular formula is C13H16N4O2. The second-order valence-corrected chi connectivity index (χ2v) is 4.90. The summed E-state index contributed by atoms with van der Waals surface area (Å²) < 4.78 is 5.51. The van der Waals surface area contributed by atoms with Gasteiger partial charge in [0, 0.05) is 11.7 Å². The number of nitrogens with two attached hydrogens (primary N) is 1. The van der Waals surface area contributed by atoms with Crippen molar-refractivity contribution in [3.8, 4) is 0 Å². The largest absolute Gasteiger partial charge is 0.424 e. The lowest BCUT2D eigenvalue weighted by Gasteiger charge is -2.11. The summed E-state index contributed by atoms with van der Waals surface area (Å²) in [6.07, 6.45) is 2.14. The Labute approximate surface area is 110 Å². The number of nitrogens with one attached hydrogen (secondary N) is 2. The molecule has 1 aromatic heterocycles. The summed E-state index contributed by atoms with van der Waals surface area (Å²) >= 11 is 0. The second-order valence-electron chi connectivity index (χ2n) is 4.90. The molecule has 0 bridgehead atoms. The van der Waals surface area contributed by atoms with E-state index in [0.717, 1.165) is 12.8 Å². The van der Waals surface area contributed by atoms with E-state index >= 15 is 0 Å². The zero-order valence-corrected chi connectivity index (χ0v) is 10.6. The molecule has 6 heteroatoms. The van der Waals surface area contributed by atoms with Crippen LogP contribution in [0.1, 0.15) is 19.8 Å². The van der Waals surface area contributed by atoms with Gasteiger partial charge in [-0.1, -0.05) is 0 Å². The predicted molar refractivity (Wildman–Crippen MR) is 72.7 cm³/mol. The molecule has 6 nitrogen and oxygen atoms in total. The highest BCUT2D eigenvalue weighted by Gasteiger charge is 2.26. The lowest BCUT2D eigenvalue weighted by Crippen LogP contribution is -2.38. The van der Waals surface area contributed by atoms with Gasteiger partial charge in [-0.15, -0.1) is 0 Å². The van der Waals surface area contributed by atoms with Crippen LogP contribution in [0.3, 0.4) is 0 Å². The van der Waals surface area contributed by atoms with Crippen molar-refractivity contribution in [2.75, 3.05) is 11.1 Å². The molecule has 4 N–H and O–H groups in total. The van der Waals surface area contributed by atoms with E-state index in [2.05, 4.69) is 15.6 Å². The van der Waals surface area contributed by atoms with Crippen LogP contribution < -0.4 is 16.4 Å². The molecule has 100 valence electrons. The van der Waals surface area contributed by atoms with Crippen molar-refractivity contribution in [2.24, 2.45) is 0 Å². The van der Waals surface area contributed by atoms with Gasteiger partial charge in [0.15, 0.2) is 5.58 Å². The van der Waals surface area contributed by atoms with Gasteiger partial charge < -0.3 is 20.8 Å². The zero-order valence-electron chi connectivity index (χ0n) is 10.6. The Bertz CT molecular complexity index is 618. The fourth-order valence-corrected chi connectivity index (χ4v) is 1.81. The summed E-state index contributed by atoms with van der Waals surface area (Å²) in [5, 5.41) is 5.88. The Kier molecular flexibility index (Phi) is 2.77. The molecule has 1 aliphatic rings. The third-order valence-corrected chi connectivity index (χ3v) is 3.07. The van der Waals surface area contributed by atoms with Crippen molar-refractivity contribution in [1.29, 1.82) is 0 Å². The normalized spacial score (nSPS) is 16.3. The van der Waals surface area contributed by atoms with Gasteiger partial charge in [-0.05, 0) is 38.0 Å². The maximum absolute atomic E-state index is 11.8. The minimum Gasteiger partial charge on any atom is -0.424 e. The molecule has 0 aliphatic heterocycles. The molecule has 2 aromatic rings. The number of rotatable bonds is 4.